The Bertz CT molecular complexity index is 995. The highest BCUT2D eigenvalue weighted by Crippen LogP contribution is 2.54. The van der Waals surface area contributed by atoms with E-state index < -0.39 is 20.7 Å². The lowest BCUT2D eigenvalue weighted by molar-refractivity contribution is 0.0529. The van der Waals surface area contributed by atoms with Crippen LogP contribution in [0.5, 0.6) is 0 Å². The van der Waals surface area contributed by atoms with Crippen molar-refractivity contribution in [2.24, 2.45) is 5.92 Å². The fraction of sp³-hybridized carbons (Fsp3) is 0.391. The summed E-state index contributed by atoms with van der Waals surface area (Å²) in [6.07, 6.45) is 4.40. The fourth-order valence-electron chi connectivity index (χ4n) is 4.87. The van der Waals surface area contributed by atoms with Crippen LogP contribution in [0, 0.1) is 5.92 Å². The van der Waals surface area contributed by atoms with E-state index in [9.17, 15) is 18.6 Å². The quantitative estimate of drug-likeness (QED) is 0.698. The van der Waals surface area contributed by atoms with Crippen molar-refractivity contribution in [1.82, 2.24) is 0 Å². The molecule has 154 valence electrons. The maximum atomic E-state index is 12.8. The van der Waals surface area contributed by atoms with Gasteiger partial charge in [-0.3, -0.25) is 0 Å². The molecule has 6 heteroatoms. The first-order valence-electron chi connectivity index (χ1n) is 9.89. The SMILES string of the molecule is O=S1(=O)CC[C@H]2[C@@H]1[C@H](c1ccc(CO)cc1)C[C@]2(O)/C=C/c1ccc(CO)cc1. The second kappa shape index (κ2) is 7.69. The minimum absolute atomic E-state index is 0.0215. The number of hydrogen-bond acceptors (Lipinski definition) is 5. The highest BCUT2D eigenvalue weighted by atomic mass is 32.2. The molecule has 4 atom stereocenters. The molecule has 0 radical (unpaired) electrons. The number of sulfone groups is 1. The summed E-state index contributed by atoms with van der Waals surface area (Å²) in [6.45, 7) is -0.0800. The van der Waals surface area contributed by atoms with Crippen molar-refractivity contribution in [3.05, 3.63) is 76.9 Å². The molecule has 0 unspecified atom stereocenters. The molecule has 1 aliphatic carbocycles. The molecule has 4 rings (SSSR count). The maximum absolute atomic E-state index is 12.8. The van der Waals surface area contributed by atoms with Crippen molar-refractivity contribution in [3.63, 3.8) is 0 Å². The van der Waals surface area contributed by atoms with Gasteiger partial charge in [-0.15, -0.1) is 0 Å². The van der Waals surface area contributed by atoms with E-state index >= 15 is 0 Å². The minimum atomic E-state index is -3.27. The van der Waals surface area contributed by atoms with E-state index in [2.05, 4.69) is 0 Å². The molecule has 3 N–H and O–H groups in total. The van der Waals surface area contributed by atoms with Crippen LogP contribution in [0.3, 0.4) is 0 Å². The van der Waals surface area contributed by atoms with E-state index in [1.165, 1.54) is 0 Å². The number of rotatable bonds is 5. The Hall–Kier alpha value is -1.99. The summed E-state index contributed by atoms with van der Waals surface area (Å²) in [7, 11) is -3.27. The Morgan fingerprint density at radius 2 is 1.55 bits per heavy atom. The van der Waals surface area contributed by atoms with Gasteiger partial charge in [0.25, 0.3) is 0 Å². The Labute approximate surface area is 171 Å². The summed E-state index contributed by atoms with van der Waals surface area (Å²) in [6, 6.07) is 14.7. The van der Waals surface area contributed by atoms with Gasteiger partial charge in [0.15, 0.2) is 9.84 Å². The van der Waals surface area contributed by atoms with Crippen LogP contribution in [0.4, 0.5) is 0 Å². The highest BCUT2D eigenvalue weighted by Gasteiger charge is 2.59. The lowest BCUT2D eigenvalue weighted by atomic mass is 9.88. The second-order valence-corrected chi connectivity index (χ2v) is 10.4. The van der Waals surface area contributed by atoms with Crippen molar-refractivity contribution in [1.29, 1.82) is 0 Å². The van der Waals surface area contributed by atoms with Gasteiger partial charge < -0.3 is 15.3 Å². The van der Waals surface area contributed by atoms with Crippen molar-refractivity contribution in [2.75, 3.05) is 5.75 Å². The van der Waals surface area contributed by atoms with Gasteiger partial charge in [0, 0.05) is 11.8 Å². The van der Waals surface area contributed by atoms with E-state index in [1.807, 2.05) is 54.6 Å². The first-order chi connectivity index (χ1) is 13.9. The van der Waals surface area contributed by atoms with Crippen LogP contribution in [-0.4, -0.2) is 40.3 Å². The summed E-state index contributed by atoms with van der Waals surface area (Å²) >= 11 is 0. The van der Waals surface area contributed by atoms with Crippen LogP contribution < -0.4 is 0 Å². The maximum Gasteiger partial charge on any atom is 0.154 e. The molecular weight excluding hydrogens is 388 g/mol. The molecule has 2 aromatic rings. The molecule has 0 spiro atoms. The molecule has 1 heterocycles. The predicted octanol–water partition coefficient (Wildman–Crippen LogP) is 2.41. The minimum Gasteiger partial charge on any atom is -0.392 e. The molecule has 1 saturated heterocycles. The number of aliphatic hydroxyl groups excluding tert-OH is 2. The van der Waals surface area contributed by atoms with Gasteiger partial charge in [-0.2, -0.15) is 0 Å². The smallest absolute Gasteiger partial charge is 0.154 e. The standard InChI is InChI=1S/C23H26O5S/c24-14-17-3-1-16(2-4-17)9-11-23(26)13-20(19-7-5-18(15-25)6-8-19)22-21(23)10-12-29(22,27)28/h1-9,11,20-22,24-26H,10,12-15H2/b11-9+/t20-,21-,22-,23+/m0/s1. The third-order valence-corrected chi connectivity index (χ3v) is 8.72. The van der Waals surface area contributed by atoms with Crippen LogP contribution in [0.15, 0.2) is 54.6 Å². The van der Waals surface area contributed by atoms with Gasteiger partial charge in [-0.05, 0) is 35.1 Å². The zero-order valence-electron chi connectivity index (χ0n) is 16.1. The molecule has 0 bridgehead atoms. The van der Waals surface area contributed by atoms with Gasteiger partial charge in [-0.1, -0.05) is 60.7 Å². The van der Waals surface area contributed by atoms with Crippen LogP contribution in [-0.2, 0) is 23.1 Å². The monoisotopic (exact) mass is 414 g/mol. The van der Waals surface area contributed by atoms with Crippen LogP contribution in [0.25, 0.3) is 6.08 Å². The van der Waals surface area contributed by atoms with Crippen LogP contribution in [0.1, 0.15) is 41.0 Å². The van der Waals surface area contributed by atoms with Crippen LogP contribution in [0.2, 0.25) is 0 Å². The average molecular weight is 415 g/mol. The summed E-state index contributed by atoms with van der Waals surface area (Å²) in [5.74, 6) is -0.496. The van der Waals surface area contributed by atoms with E-state index in [-0.39, 0.29) is 30.8 Å². The van der Waals surface area contributed by atoms with Crippen LogP contribution >= 0.6 is 0 Å². The van der Waals surface area contributed by atoms with Gasteiger partial charge in [-0.25, -0.2) is 8.42 Å². The molecular formula is C23H26O5S. The number of aliphatic hydroxyl groups is 3. The molecule has 2 aromatic carbocycles. The summed E-state index contributed by atoms with van der Waals surface area (Å²) in [4.78, 5) is 0. The summed E-state index contributed by atoms with van der Waals surface area (Å²) < 4.78 is 25.6. The molecule has 29 heavy (non-hydrogen) atoms. The number of hydrogen-bond donors (Lipinski definition) is 3. The predicted molar refractivity (Wildman–Crippen MR) is 112 cm³/mol. The third kappa shape index (κ3) is 3.78. The van der Waals surface area contributed by atoms with Gasteiger partial charge in [0.1, 0.15) is 0 Å². The summed E-state index contributed by atoms with van der Waals surface area (Å²) in [5.41, 5.74) is 2.18. The van der Waals surface area contributed by atoms with E-state index in [0.717, 1.165) is 22.3 Å². The van der Waals surface area contributed by atoms with Gasteiger partial charge in [0.2, 0.25) is 0 Å². The zero-order chi connectivity index (χ0) is 20.6. The number of benzene rings is 2. The lowest BCUT2D eigenvalue weighted by Gasteiger charge is -2.25. The van der Waals surface area contributed by atoms with Crippen molar-refractivity contribution < 1.29 is 23.7 Å². The van der Waals surface area contributed by atoms with Gasteiger partial charge in [0.05, 0.1) is 29.8 Å². The highest BCUT2D eigenvalue weighted by molar-refractivity contribution is 7.92. The molecule has 0 aromatic heterocycles. The second-order valence-electron chi connectivity index (χ2n) is 8.16. The van der Waals surface area contributed by atoms with Gasteiger partial charge >= 0.3 is 0 Å². The fourth-order valence-corrected chi connectivity index (χ4v) is 7.35. The van der Waals surface area contributed by atoms with E-state index in [4.69, 9.17) is 5.11 Å². The first kappa shape index (κ1) is 20.3. The topological polar surface area (TPSA) is 94.8 Å². The average Bonchev–Trinajstić information content (AvgIpc) is 3.23. The molecule has 0 amide bonds. The molecule has 1 aliphatic heterocycles. The lowest BCUT2D eigenvalue weighted by Crippen LogP contribution is -2.33. The first-order valence-corrected chi connectivity index (χ1v) is 11.6. The largest absolute Gasteiger partial charge is 0.392 e. The van der Waals surface area contributed by atoms with Crippen molar-refractivity contribution in [2.45, 2.75) is 42.8 Å². The molecule has 1 saturated carbocycles. The molecule has 2 fully saturated rings. The van der Waals surface area contributed by atoms with Crippen molar-refractivity contribution >= 4 is 15.9 Å². The Morgan fingerprint density at radius 3 is 2.14 bits per heavy atom. The summed E-state index contributed by atoms with van der Waals surface area (Å²) in [5, 5.41) is 29.3. The number of fused-ring (bicyclic) bond motifs is 1. The normalized spacial score (nSPS) is 30.7. The Kier molecular flexibility index (Phi) is 5.38. The zero-order valence-corrected chi connectivity index (χ0v) is 16.9. The molecule has 5 nitrogen and oxygen atoms in total. The molecule has 2 aliphatic rings. The van der Waals surface area contributed by atoms with E-state index in [1.54, 1.807) is 6.08 Å². The van der Waals surface area contributed by atoms with E-state index in [0.29, 0.717) is 12.8 Å². The van der Waals surface area contributed by atoms with Crippen molar-refractivity contribution in [3.8, 4) is 0 Å². The third-order valence-electron chi connectivity index (χ3n) is 6.43. The Balaban J connectivity index is 1.65. The Morgan fingerprint density at radius 1 is 0.966 bits per heavy atom.